The topological polar surface area (TPSA) is 32.3 Å². The van der Waals surface area contributed by atoms with E-state index in [0.29, 0.717) is 25.6 Å². The molecule has 0 amide bonds. The first-order valence-electron chi connectivity index (χ1n) is 6.05. The van der Waals surface area contributed by atoms with Crippen LogP contribution < -0.4 is 5.32 Å². The highest BCUT2D eigenvalue weighted by molar-refractivity contribution is 5.31. The van der Waals surface area contributed by atoms with Crippen molar-refractivity contribution in [1.82, 2.24) is 5.32 Å². The first-order chi connectivity index (χ1) is 8.75. The molecule has 106 valence electrons. The molecule has 0 bridgehead atoms. The molecule has 2 rings (SSSR count). The summed E-state index contributed by atoms with van der Waals surface area (Å²) in [5.41, 5.74) is -2.38. The van der Waals surface area contributed by atoms with E-state index in [2.05, 4.69) is 5.32 Å². The van der Waals surface area contributed by atoms with Crippen molar-refractivity contribution in [2.24, 2.45) is 5.92 Å². The van der Waals surface area contributed by atoms with E-state index < -0.39 is 23.2 Å². The third-order valence-corrected chi connectivity index (χ3v) is 3.72. The van der Waals surface area contributed by atoms with Gasteiger partial charge >= 0.3 is 6.18 Å². The maximum Gasteiger partial charge on any atom is 0.419 e. The highest BCUT2D eigenvalue weighted by atomic mass is 19.4. The second-order valence-corrected chi connectivity index (χ2v) is 4.97. The summed E-state index contributed by atoms with van der Waals surface area (Å²) in [6, 6.07) is 2.65. The average molecular weight is 277 g/mol. The Labute approximate surface area is 108 Å². The fourth-order valence-corrected chi connectivity index (χ4v) is 2.46. The molecule has 1 aliphatic rings. The van der Waals surface area contributed by atoms with Gasteiger partial charge < -0.3 is 10.4 Å². The minimum Gasteiger partial charge on any atom is -0.385 e. The third kappa shape index (κ3) is 2.60. The zero-order chi connectivity index (χ0) is 14.3. The van der Waals surface area contributed by atoms with Crippen molar-refractivity contribution in [2.45, 2.75) is 25.1 Å². The van der Waals surface area contributed by atoms with E-state index in [1.54, 1.807) is 6.92 Å². The van der Waals surface area contributed by atoms with Crippen molar-refractivity contribution in [3.05, 3.63) is 35.1 Å². The Kier molecular flexibility index (Phi) is 3.57. The minimum absolute atomic E-state index is 0.197. The Morgan fingerprint density at radius 2 is 2.05 bits per heavy atom. The molecule has 0 aliphatic carbocycles. The Hall–Kier alpha value is -1.14. The van der Waals surface area contributed by atoms with E-state index >= 15 is 0 Å². The Balaban J connectivity index is 2.39. The summed E-state index contributed by atoms with van der Waals surface area (Å²) in [6.07, 6.45) is -4.37. The Morgan fingerprint density at radius 1 is 1.37 bits per heavy atom. The number of nitrogens with one attached hydrogen (secondary N) is 1. The molecule has 1 aromatic rings. The molecule has 0 radical (unpaired) electrons. The molecule has 1 aliphatic heterocycles. The van der Waals surface area contributed by atoms with E-state index in [-0.39, 0.29) is 11.5 Å². The molecule has 0 saturated carbocycles. The van der Waals surface area contributed by atoms with Crippen LogP contribution in [-0.4, -0.2) is 18.2 Å². The fourth-order valence-electron chi connectivity index (χ4n) is 2.46. The molecular weight excluding hydrogens is 262 g/mol. The molecule has 0 spiro atoms. The van der Waals surface area contributed by atoms with Crippen LogP contribution in [0.15, 0.2) is 18.2 Å². The normalized spacial score (nSPS) is 28.4. The van der Waals surface area contributed by atoms with Crippen LogP contribution in [0.3, 0.4) is 0 Å². The SMILES string of the molecule is CC1CNCCC1(O)c1ccc(C(F)(F)F)c(F)c1. The molecule has 1 fully saturated rings. The maximum atomic E-state index is 13.6. The van der Waals surface area contributed by atoms with Crippen LogP contribution in [0.25, 0.3) is 0 Å². The molecule has 1 saturated heterocycles. The van der Waals surface area contributed by atoms with Gasteiger partial charge in [-0.2, -0.15) is 13.2 Å². The van der Waals surface area contributed by atoms with Crippen molar-refractivity contribution in [2.75, 3.05) is 13.1 Å². The summed E-state index contributed by atoms with van der Waals surface area (Å²) < 4.78 is 51.0. The predicted molar refractivity (Wildman–Crippen MR) is 61.9 cm³/mol. The predicted octanol–water partition coefficient (Wildman–Crippen LogP) is 2.66. The molecule has 0 aromatic heterocycles. The van der Waals surface area contributed by atoms with E-state index in [4.69, 9.17) is 0 Å². The summed E-state index contributed by atoms with van der Waals surface area (Å²) in [7, 11) is 0. The van der Waals surface area contributed by atoms with Crippen molar-refractivity contribution in [1.29, 1.82) is 0 Å². The first kappa shape index (κ1) is 14.3. The quantitative estimate of drug-likeness (QED) is 0.773. The summed E-state index contributed by atoms with van der Waals surface area (Å²) in [4.78, 5) is 0. The molecular formula is C13H15F4NO. The first-order valence-corrected chi connectivity index (χ1v) is 6.05. The van der Waals surface area contributed by atoms with Crippen LogP contribution >= 0.6 is 0 Å². The molecule has 1 heterocycles. The van der Waals surface area contributed by atoms with Crippen LogP contribution in [0.2, 0.25) is 0 Å². The van der Waals surface area contributed by atoms with Crippen LogP contribution in [0.4, 0.5) is 17.6 Å². The highest BCUT2D eigenvalue weighted by Gasteiger charge is 2.40. The van der Waals surface area contributed by atoms with Crippen molar-refractivity contribution in [3.8, 4) is 0 Å². The van der Waals surface area contributed by atoms with Crippen molar-refractivity contribution >= 4 is 0 Å². The number of benzene rings is 1. The zero-order valence-electron chi connectivity index (χ0n) is 10.4. The fraction of sp³-hybridized carbons (Fsp3) is 0.538. The van der Waals surface area contributed by atoms with Crippen LogP contribution in [0, 0.1) is 11.7 Å². The second kappa shape index (κ2) is 4.76. The van der Waals surface area contributed by atoms with Gasteiger partial charge in [-0.3, -0.25) is 0 Å². The van der Waals surface area contributed by atoms with Gasteiger partial charge in [0.25, 0.3) is 0 Å². The zero-order valence-corrected chi connectivity index (χ0v) is 10.4. The van der Waals surface area contributed by atoms with Gasteiger partial charge in [-0.25, -0.2) is 4.39 Å². The molecule has 1 aromatic carbocycles. The third-order valence-electron chi connectivity index (χ3n) is 3.72. The molecule has 6 heteroatoms. The largest absolute Gasteiger partial charge is 0.419 e. The van der Waals surface area contributed by atoms with Gasteiger partial charge in [-0.15, -0.1) is 0 Å². The maximum absolute atomic E-state index is 13.6. The van der Waals surface area contributed by atoms with Crippen LogP contribution in [-0.2, 0) is 11.8 Å². The summed E-state index contributed by atoms with van der Waals surface area (Å²) >= 11 is 0. The minimum atomic E-state index is -4.72. The summed E-state index contributed by atoms with van der Waals surface area (Å²) in [5.74, 6) is -1.54. The number of alkyl halides is 3. The highest BCUT2D eigenvalue weighted by Crippen LogP contribution is 2.38. The molecule has 2 atom stereocenters. The van der Waals surface area contributed by atoms with E-state index in [0.717, 1.165) is 12.1 Å². The van der Waals surface area contributed by atoms with Gasteiger partial charge in [-0.1, -0.05) is 13.0 Å². The van der Waals surface area contributed by atoms with E-state index in [9.17, 15) is 22.7 Å². The Bertz CT molecular complexity index is 474. The van der Waals surface area contributed by atoms with Gasteiger partial charge in [0.1, 0.15) is 5.82 Å². The number of piperidine rings is 1. The summed E-state index contributed by atoms with van der Waals surface area (Å²) in [6.45, 7) is 2.87. The van der Waals surface area contributed by atoms with Crippen molar-refractivity contribution < 1.29 is 22.7 Å². The van der Waals surface area contributed by atoms with Gasteiger partial charge in [0.2, 0.25) is 0 Å². The van der Waals surface area contributed by atoms with Gasteiger partial charge in [-0.05, 0) is 30.7 Å². The number of hydrogen-bond acceptors (Lipinski definition) is 2. The molecule has 2 nitrogen and oxygen atoms in total. The number of aliphatic hydroxyl groups is 1. The van der Waals surface area contributed by atoms with E-state index in [1.165, 1.54) is 0 Å². The number of hydrogen-bond donors (Lipinski definition) is 2. The Morgan fingerprint density at radius 3 is 2.58 bits per heavy atom. The lowest BCUT2D eigenvalue weighted by molar-refractivity contribution is -0.140. The standard InChI is InChI=1S/C13H15F4NO/c1-8-7-18-5-4-12(8,19)9-2-3-10(11(14)6-9)13(15,16)17/h2-3,6,8,18-19H,4-5,7H2,1H3. The lowest BCUT2D eigenvalue weighted by atomic mass is 9.77. The van der Waals surface area contributed by atoms with Crippen LogP contribution in [0.1, 0.15) is 24.5 Å². The van der Waals surface area contributed by atoms with Crippen LogP contribution in [0.5, 0.6) is 0 Å². The van der Waals surface area contributed by atoms with Gasteiger partial charge in [0.05, 0.1) is 11.2 Å². The number of rotatable bonds is 1. The molecule has 2 N–H and O–H groups in total. The average Bonchev–Trinajstić information content (AvgIpc) is 2.31. The molecule has 19 heavy (non-hydrogen) atoms. The lowest BCUT2D eigenvalue weighted by Gasteiger charge is -2.39. The van der Waals surface area contributed by atoms with Crippen molar-refractivity contribution in [3.63, 3.8) is 0 Å². The number of halogens is 4. The van der Waals surface area contributed by atoms with Gasteiger partial charge in [0.15, 0.2) is 0 Å². The summed E-state index contributed by atoms with van der Waals surface area (Å²) in [5, 5.41) is 13.6. The van der Waals surface area contributed by atoms with E-state index in [1.807, 2.05) is 0 Å². The van der Waals surface area contributed by atoms with Gasteiger partial charge in [0, 0.05) is 12.5 Å². The lowest BCUT2D eigenvalue weighted by Crippen LogP contribution is -2.46. The molecule has 2 unspecified atom stereocenters. The monoisotopic (exact) mass is 277 g/mol. The smallest absolute Gasteiger partial charge is 0.385 e. The second-order valence-electron chi connectivity index (χ2n) is 4.97.